The second-order valence-electron chi connectivity index (χ2n) is 3.92. The normalized spacial score (nSPS) is 11.1. The molecule has 0 saturated carbocycles. The van der Waals surface area contributed by atoms with Gasteiger partial charge in [-0.05, 0) is 30.3 Å². The summed E-state index contributed by atoms with van der Waals surface area (Å²) in [6.45, 7) is 0. The topological polar surface area (TPSA) is 96.4 Å². The Morgan fingerprint density at radius 2 is 1.90 bits per heavy atom. The number of carboxylic acids is 1. The monoisotopic (exact) mass is 346 g/mol. The van der Waals surface area contributed by atoms with Gasteiger partial charge in [0.2, 0.25) is 0 Å². The van der Waals surface area contributed by atoms with Crippen molar-refractivity contribution in [1.29, 1.82) is 0 Å². The summed E-state index contributed by atoms with van der Waals surface area (Å²) in [6, 6.07) is 6.22. The first kappa shape index (κ1) is 15.6. The van der Waals surface area contributed by atoms with E-state index < -0.39 is 16.0 Å². The summed E-state index contributed by atoms with van der Waals surface area (Å²) >= 11 is 11.4. The van der Waals surface area contributed by atoms with Crippen molar-refractivity contribution < 1.29 is 18.3 Å². The molecular weight excluding hydrogens is 339 g/mol. The molecule has 0 saturated heterocycles. The molecule has 9 heteroatoms. The third kappa shape index (κ3) is 3.63. The Labute approximate surface area is 130 Å². The SMILES string of the molecule is O=C(O)c1ccc(S(=O)(=O)Nc2ccc(Cl)nc2)cc1Cl. The van der Waals surface area contributed by atoms with E-state index in [2.05, 4.69) is 9.71 Å². The third-order valence-corrected chi connectivity index (χ3v) is 4.38. The Morgan fingerprint density at radius 1 is 1.19 bits per heavy atom. The van der Waals surface area contributed by atoms with Crippen LogP contribution in [0.2, 0.25) is 10.2 Å². The van der Waals surface area contributed by atoms with Crippen molar-refractivity contribution in [3.05, 3.63) is 52.3 Å². The number of nitrogens with zero attached hydrogens (tertiary/aromatic N) is 1. The van der Waals surface area contributed by atoms with Gasteiger partial charge in [-0.15, -0.1) is 0 Å². The Balaban J connectivity index is 2.33. The maximum atomic E-state index is 12.1. The average molecular weight is 347 g/mol. The maximum absolute atomic E-state index is 12.1. The summed E-state index contributed by atoms with van der Waals surface area (Å²) in [7, 11) is -3.90. The Hall–Kier alpha value is -1.83. The molecule has 110 valence electrons. The van der Waals surface area contributed by atoms with Gasteiger partial charge >= 0.3 is 5.97 Å². The highest BCUT2D eigenvalue weighted by Gasteiger charge is 2.18. The molecule has 0 fully saturated rings. The van der Waals surface area contributed by atoms with Gasteiger partial charge in [-0.1, -0.05) is 23.2 Å². The van der Waals surface area contributed by atoms with Gasteiger partial charge in [-0.25, -0.2) is 18.2 Å². The molecule has 1 aromatic carbocycles. The summed E-state index contributed by atoms with van der Waals surface area (Å²) in [4.78, 5) is 14.4. The highest BCUT2D eigenvalue weighted by Crippen LogP contribution is 2.23. The van der Waals surface area contributed by atoms with Gasteiger partial charge in [0.25, 0.3) is 10.0 Å². The molecule has 0 amide bonds. The molecule has 0 aliphatic rings. The molecule has 2 aromatic rings. The number of anilines is 1. The van der Waals surface area contributed by atoms with Crippen LogP contribution >= 0.6 is 23.2 Å². The van der Waals surface area contributed by atoms with Crippen molar-refractivity contribution in [2.45, 2.75) is 4.90 Å². The molecule has 0 radical (unpaired) electrons. The summed E-state index contributed by atoms with van der Waals surface area (Å²) in [5.74, 6) is -1.24. The zero-order valence-electron chi connectivity index (χ0n) is 10.2. The number of aromatic nitrogens is 1. The van der Waals surface area contributed by atoms with Gasteiger partial charge in [0, 0.05) is 0 Å². The fourth-order valence-corrected chi connectivity index (χ4v) is 2.99. The largest absolute Gasteiger partial charge is 0.478 e. The molecule has 2 N–H and O–H groups in total. The van der Waals surface area contributed by atoms with Crippen LogP contribution in [0.1, 0.15) is 10.4 Å². The van der Waals surface area contributed by atoms with Crippen LogP contribution in [0.15, 0.2) is 41.4 Å². The van der Waals surface area contributed by atoms with E-state index in [1.54, 1.807) is 0 Å². The van der Waals surface area contributed by atoms with Crippen molar-refractivity contribution in [3.63, 3.8) is 0 Å². The number of rotatable bonds is 4. The standard InChI is InChI=1S/C12H8Cl2N2O4S/c13-10-5-8(2-3-9(10)12(17)18)21(19,20)16-7-1-4-11(14)15-6-7/h1-6,16H,(H,17,18). The van der Waals surface area contributed by atoms with Gasteiger partial charge in [0.15, 0.2) is 0 Å². The Bertz CT molecular complexity index is 791. The lowest BCUT2D eigenvalue weighted by molar-refractivity contribution is 0.0697. The van der Waals surface area contributed by atoms with Crippen LogP contribution in [0.25, 0.3) is 0 Å². The van der Waals surface area contributed by atoms with E-state index in [0.717, 1.165) is 18.2 Å². The zero-order valence-corrected chi connectivity index (χ0v) is 12.6. The second kappa shape index (κ2) is 5.88. The van der Waals surface area contributed by atoms with E-state index in [0.29, 0.717) is 0 Å². The zero-order chi connectivity index (χ0) is 15.6. The number of hydrogen-bond acceptors (Lipinski definition) is 4. The summed E-state index contributed by atoms with van der Waals surface area (Å²) in [5, 5.41) is 8.91. The van der Waals surface area contributed by atoms with Crippen molar-refractivity contribution in [2.24, 2.45) is 0 Å². The number of aromatic carboxylic acids is 1. The van der Waals surface area contributed by atoms with Gasteiger partial charge < -0.3 is 5.11 Å². The Kier molecular flexibility index (Phi) is 4.36. The van der Waals surface area contributed by atoms with Crippen LogP contribution in [-0.4, -0.2) is 24.5 Å². The number of sulfonamides is 1. The van der Waals surface area contributed by atoms with Crippen LogP contribution < -0.4 is 4.72 Å². The molecule has 1 heterocycles. The first-order valence-electron chi connectivity index (χ1n) is 5.47. The van der Waals surface area contributed by atoms with Crippen molar-refractivity contribution in [2.75, 3.05) is 4.72 Å². The molecule has 0 aliphatic heterocycles. The van der Waals surface area contributed by atoms with Crippen LogP contribution in [0.3, 0.4) is 0 Å². The van der Waals surface area contributed by atoms with E-state index in [-0.39, 0.29) is 26.3 Å². The fraction of sp³-hybridized carbons (Fsp3) is 0. The van der Waals surface area contributed by atoms with Gasteiger partial charge in [0.1, 0.15) is 5.15 Å². The Morgan fingerprint density at radius 3 is 2.43 bits per heavy atom. The van der Waals surface area contributed by atoms with E-state index in [4.69, 9.17) is 28.3 Å². The minimum Gasteiger partial charge on any atom is -0.478 e. The lowest BCUT2D eigenvalue weighted by Gasteiger charge is -2.09. The first-order valence-corrected chi connectivity index (χ1v) is 7.71. The molecule has 21 heavy (non-hydrogen) atoms. The molecule has 6 nitrogen and oxygen atoms in total. The first-order chi connectivity index (χ1) is 9.79. The van der Waals surface area contributed by atoms with Gasteiger partial charge in [-0.3, -0.25) is 4.72 Å². The second-order valence-corrected chi connectivity index (χ2v) is 6.40. The molecule has 0 spiro atoms. The highest BCUT2D eigenvalue weighted by molar-refractivity contribution is 7.92. The molecule has 0 bridgehead atoms. The number of hydrogen-bond donors (Lipinski definition) is 2. The lowest BCUT2D eigenvalue weighted by atomic mass is 10.2. The van der Waals surface area contributed by atoms with E-state index in [9.17, 15) is 13.2 Å². The smallest absolute Gasteiger partial charge is 0.337 e. The van der Waals surface area contributed by atoms with Crippen molar-refractivity contribution >= 4 is 44.9 Å². The molecule has 0 unspecified atom stereocenters. The molecule has 1 aromatic heterocycles. The summed E-state index contributed by atoms with van der Waals surface area (Å²) < 4.78 is 26.6. The molecule has 2 rings (SSSR count). The fourth-order valence-electron chi connectivity index (χ4n) is 1.49. The molecule has 0 aliphatic carbocycles. The van der Waals surface area contributed by atoms with Gasteiger partial charge in [0.05, 0.1) is 27.4 Å². The maximum Gasteiger partial charge on any atom is 0.337 e. The van der Waals surface area contributed by atoms with E-state index >= 15 is 0 Å². The van der Waals surface area contributed by atoms with Crippen LogP contribution in [0.5, 0.6) is 0 Å². The van der Waals surface area contributed by atoms with Crippen LogP contribution in [-0.2, 0) is 10.0 Å². The number of benzene rings is 1. The van der Waals surface area contributed by atoms with Gasteiger partial charge in [-0.2, -0.15) is 0 Å². The number of carbonyl (C=O) groups is 1. The van der Waals surface area contributed by atoms with Crippen LogP contribution in [0.4, 0.5) is 5.69 Å². The van der Waals surface area contributed by atoms with Crippen molar-refractivity contribution in [3.8, 4) is 0 Å². The molecular formula is C12H8Cl2N2O4S. The average Bonchev–Trinajstić information content (AvgIpc) is 2.40. The summed E-state index contributed by atoms with van der Waals surface area (Å²) in [5.41, 5.74) is 0.0432. The van der Waals surface area contributed by atoms with Crippen molar-refractivity contribution in [1.82, 2.24) is 4.98 Å². The van der Waals surface area contributed by atoms with E-state index in [1.807, 2.05) is 0 Å². The predicted molar refractivity (Wildman–Crippen MR) is 78.5 cm³/mol. The number of pyridine rings is 1. The van der Waals surface area contributed by atoms with E-state index in [1.165, 1.54) is 18.3 Å². The quantitative estimate of drug-likeness (QED) is 0.829. The number of nitrogens with one attached hydrogen (secondary N) is 1. The minimum absolute atomic E-state index is 0.160. The predicted octanol–water partition coefficient (Wildman–Crippen LogP) is 2.89. The lowest BCUT2D eigenvalue weighted by Crippen LogP contribution is -2.13. The third-order valence-electron chi connectivity index (χ3n) is 2.46. The number of carboxylic acid groups (broad SMARTS) is 1. The minimum atomic E-state index is -3.90. The highest BCUT2D eigenvalue weighted by atomic mass is 35.5. The van der Waals surface area contributed by atoms with Crippen LogP contribution in [0, 0.1) is 0 Å². The number of halogens is 2. The summed E-state index contributed by atoms with van der Waals surface area (Å²) in [6.07, 6.45) is 1.26. The molecule has 0 atom stereocenters.